The predicted octanol–water partition coefficient (Wildman–Crippen LogP) is 4.45. The summed E-state index contributed by atoms with van der Waals surface area (Å²) in [6.07, 6.45) is 0. The van der Waals surface area contributed by atoms with Crippen LogP contribution in [0.4, 0.5) is 0 Å². The van der Waals surface area contributed by atoms with Gasteiger partial charge in [-0.15, -0.1) is 11.6 Å². The lowest BCUT2D eigenvalue weighted by Gasteiger charge is -2.17. The highest BCUT2D eigenvalue weighted by Gasteiger charge is 2.17. The molecular weight excluding hydrogens is 350 g/mol. The summed E-state index contributed by atoms with van der Waals surface area (Å²) in [5.74, 6) is 0.456. The van der Waals surface area contributed by atoms with Gasteiger partial charge in [-0.25, -0.2) is 0 Å². The lowest BCUT2D eigenvalue weighted by molar-refractivity contribution is -0.131. The van der Waals surface area contributed by atoms with E-state index in [4.69, 9.17) is 16.3 Å². The number of para-hydroxylation sites is 1. The molecule has 2 nitrogen and oxygen atoms in total. The molecule has 0 N–H and O–H groups in total. The molecule has 1 rings (SSSR count). The Labute approximate surface area is 121 Å². The van der Waals surface area contributed by atoms with E-state index in [2.05, 4.69) is 43.4 Å². The molecule has 0 fully saturated rings. The molecule has 0 aliphatic rings. The van der Waals surface area contributed by atoms with Crippen LogP contribution in [0.15, 0.2) is 18.2 Å². The molecule has 1 aromatic rings. The van der Waals surface area contributed by atoms with E-state index in [1.54, 1.807) is 0 Å². The van der Waals surface area contributed by atoms with E-state index in [1.807, 2.05) is 18.2 Å². The summed E-state index contributed by atoms with van der Waals surface area (Å²) >= 11 is 7.80. The summed E-state index contributed by atoms with van der Waals surface area (Å²) in [6, 6.07) is 5.97. The molecule has 0 spiro atoms. The van der Waals surface area contributed by atoms with Gasteiger partial charge in [-0.2, -0.15) is 0 Å². The number of carbonyl (C=O) groups excluding carboxylic acids is 1. The van der Waals surface area contributed by atoms with E-state index in [9.17, 15) is 4.79 Å². The highest BCUT2D eigenvalue weighted by Crippen LogP contribution is 2.37. The highest BCUT2D eigenvalue weighted by molar-refractivity contribution is 14.1. The van der Waals surface area contributed by atoms with Crippen LogP contribution in [0.25, 0.3) is 0 Å². The third-order valence-corrected chi connectivity index (χ3v) is 3.34. The van der Waals surface area contributed by atoms with Gasteiger partial charge < -0.3 is 4.74 Å². The van der Waals surface area contributed by atoms with Gasteiger partial charge in [-0.05, 0) is 18.4 Å². The van der Waals surface area contributed by atoms with E-state index in [1.165, 1.54) is 0 Å². The van der Waals surface area contributed by atoms with E-state index in [0.717, 1.165) is 11.1 Å². The second kappa shape index (κ2) is 6.59. The van der Waals surface area contributed by atoms with Gasteiger partial charge in [0.25, 0.3) is 0 Å². The SMILES string of the molecule is CC(C)c1cccc(C(C)I)c1OC(=O)CCl. The number of esters is 1. The molecule has 0 heterocycles. The quantitative estimate of drug-likeness (QED) is 0.340. The fourth-order valence-corrected chi connectivity index (χ4v) is 2.15. The molecular formula is C13H16ClIO2. The van der Waals surface area contributed by atoms with Crippen molar-refractivity contribution in [1.82, 2.24) is 0 Å². The maximum Gasteiger partial charge on any atom is 0.326 e. The Kier molecular flexibility index (Phi) is 5.73. The van der Waals surface area contributed by atoms with Crippen molar-refractivity contribution < 1.29 is 9.53 Å². The summed E-state index contributed by atoms with van der Waals surface area (Å²) in [5.41, 5.74) is 2.08. The second-order valence-corrected chi connectivity index (χ2v) is 6.28. The predicted molar refractivity (Wildman–Crippen MR) is 79.3 cm³/mol. The fraction of sp³-hybridized carbons (Fsp3) is 0.462. The molecule has 1 aromatic carbocycles. The van der Waals surface area contributed by atoms with Gasteiger partial charge in [0, 0.05) is 9.49 Å². The maximum absolute atomic E-state index is 11.4. The number of hydrogen-bond donors (Lipinski definition) is 0. The van der Waals surface area contributed by atoms with Gasteiger partial charge in [0.05, 0.1) is 0 Å². The van der Waals surface area contributed by atoms with Crippen LogP contribution in [0, 0.1) is 0 Å². The van der Waals surface area contributed by atoms with Crippen LogP contribution in [-0.4, -0.2) is 11.8 Å². The minimum Gasteiger partial charge on any atom is -0.425 e. The number of alkyl halides is 2. The fourth-order valence-electron chi connectivity index (χ4n) is 1.60. The van der Waals surface area contributed by atoms with Crippen molar-refractivity contribution in [3.05, 3.63) is 29.3 Å². The molecule has 0 radical (unpaired) electrons. The zero-order valence-electron chi connectivity index (χ0n) is 10.2. The Morgan fingerprint density at radius 2 is 1.94 bits per heavy atom. The highest BCUT2D eigenvalue weighted by atomic mass is 127. The first-order valence-electron chi connectivity index (χ1n) is 5.50. The number of carbonyl (C=O) groups is 1. The zero-order chi connectivity index (χ0) is 13.0. The third kappa shape index (κ3) is 3.85. The van der Waals surface area contributed by atoms with Crippen molar-refractivity contribution in [2.75, 3.05) is 5.88 Å². The number of hydrogen-bond acceptors (Lipinski definition) is 2. The summed E-state index contributed by atoms with van der Waals surface area (Å²) in [7, 11) is 0. The van der Waals surface area contributed by atoms with Crippen molar-refractivity contribution in [2.24, 2.45) is 0 Å². The van der Waals surface area contributed by atoms with Crippen molar-refractivity contribution in [1.29, 1.82) is 0 Å². The number of rotatable bonds is 4. The van der Waals surface area contributed by atoms with Gasteiger partial charge in [-0.1, -0.05) is 54.6 Å². The topological polar surface area (TPSA) is 26.3 Å². The van der Waals surface area contributed by atoms with Crippen LogP contribution in [0.2, 0.25) is 0 Å². The average Bonchev–Trinajstić information content (AvgIpc) is 2.28. The van der Waals surface area contributed by atoms with Crippen molar-refractivity contribution in [2.45, 2.75) is 30.6 Å². The molecule has 17 heavy (non-hydrogen) atoms. The van der Waals surface area contributed by atoms with Crippen LogP contribution >= 0.6 is 34.2 Å². The van der Waals surface area contributed by atoms with Gasteiger partial charge in [0.1, 0.15) is 11.6 Å². The minimum atomic E-state index is -0.405. The van der Waals surface area contributed by atoms with Gasteiger partial charge in [0.2, 0.25) is 0 Å². The lowest BCUT2D eigenvalue weighted by atomic mass is 9.98. The first-order valence-corrected chi connectivity index (χ1v) is 7.28. The number of ether oxygens (including phenoxy) is 1. The Balaban J connectivity index is 3.23. The molecule has 0 saturated carbocycles. The van der Waals surface area contributed by atoms with Crippen LogP contribution < -0.4 is 4.74 Å². The number of halogens is 2. The Morgan fingerprint density at radius 3 is 2.41 bits per heavy atom. The molecule has 94 valence electrons. The monoisotopic (exact) mass is 366 g/mol. The molecule has 0 aromatic heterocycles. The molecule has 0 bridgehead atoms. The summed E-state index contributed by atoms with van der Waals surface area (Å²) < 4.78 is 5.65. The van der Waals surface area contributed by atoms with E-state index < -0.39 is 5.97 Å². The summed E-state index contributed by atoms with van der Waals surface area (Å²) in [4.78, 5) is 11.4. The van der Waals surface area contributed by atoms with Crippen LogP contribution in [0.5, 0.6) is 5.75 Å². The third-order valence-electron chi connectivity index (χ3n) is 2.45. The molecule has 0 saturated heterocycles. The molecule has 4 heteroatoms. The average molecular weight is 367 g/mol. The van der Waals surface area contributed by atoms with Gasteiger partial charge >= 0.3 is 5.97 Å². The smallest absolute Gasteiger partial charge is 0.326 e. The van der Waals surface area contributed by atoms with Gasteiger partial charge in [0.15, 0.2) is 0 Å². The standard InChI is InChI=1S/C13H16ClIO2/c1-8(2)10-5-4-6-11(9(3)15)13(10)17-12(16)7-14/h4-6,8-9H,7H2,1-3H3. The number of benzene rings is 1. The first-order chi connectivity index (χ1) is 7.97. The van der Waals surface area contributed by atoms with Crippen LogP contribution in [0.1, 0.15) is 41.7 Å². The summed E-state index contributed by atoms with van der Waals surface area (Å²) in [6.45, 7) is 6.22. The van der Waals surface area contributed by atoms with Gasteiger partial charge in [-0.3, -0.25) is 4.79 Å². The largest absolute Gasteiger partial charge is 0.425 e. The van der Waals surface area contributed by atoms with Crippen LogP contribution in [-0.2, 0) is 4.79 Å². The maximum atomic E-state index is 11.4. The van der Waals surface area contributed by atoms with E-state index >= 15 is 0 Å². The summed E-state index contributed by atoms with van der Waals surface area (Å²) in [5, 5.41) is 0. The molecule has 1 atom stereocenters. The van der Waals surface area contributed by atoms with E-state index in [-0.39, 0.29) is 9.80 Å². The van der Waals surface area contributed by atoms with Crippen LogP contribution in [0.3, 0.4) is 0 Å². The Morgan fingerprint density at radius 1 is 1.35 bits per heavy atom. The van der Waals surface area contributed by atoms with Crippen molar-refractivity contribution in [3.8, 4) is 5.75 Å². The Bertz CT molecular complexity index is 376. The molecule has 0 aliphatic carbocycles. The first kappa shape index (κ1) is 14.8. The second-order valence-electron chi connectivity index (χ2n) is 4.14. The van der Waals surface area contributed by atoms with Crippen molar-refractivity contribution >= 4 is 40.2 Å². The van der Waals surface area contributed by atoms with Crippen molar-refractivity contribution in [3.63, 3.8) is 0 Å². The normalized spacial score (nSPS) is 12.6. The molecule has 1 unspecified atom stereocenters. The Hall–Kier alpha value is -0.290. The van der Waals surface area contributed by atoms with E-state index in [0.29, 0.717) is 11.7 Å². The lowest BCUT2D eigenvalue weighted by Crippen LogP contribution is -2.12. The minimum absolute atomic E-state index is 0.124. The molecule has 0 amide bonds. The zero-order valence-corrected chi connectivity index (χ0v) is 13.1. The molecule has 0 aliphatic heterocycles.